The second kappa shape index (κ2) is 5.99. The fourth-order valence-corrected chi connectivity index (χ4v) is 4.30. The van der Waals surface area contributed by atoms with Crippen molar-refractivity contribution in [1.29, 1.82) is 5.26 Å². The van der Waals surface area contributed by atoms with Crippen LogP contribution in [-0.4, -0.2) is 46.1 Å². The number of aromatic nitrogens is 4. The Labute approximate surface area is 151 Å². The minimum Gasteiger partial charge on any atom is -0.356 e. The smallest absolute Gasteiger partial charge is 0.142 e. The third kappa shape index (κ3) is 2.46. The van der Waals surface area contributed by atoms with Crippen molar-refractivity contribution in [3.8, 4) is 6.07 Å². The second-order valence-electron chi connectivity index (χ2n) is 7.11. The highest BCUT2D eigenvalue weighted by atomic mass is 15.3. The molecule has 0 spiro atoms. The highest BCUT2D eigenvalue weighted by Crippen LogP contribution is 2.35. The molecular formula is C19H19N7. The number of hydrogen-bond donors (Lipinski definition) is 1. The molecular weight excluding hydrogens is 326 g/mol. The zero-order valence-corrected chi connectivity index (χ0v) is 14.3. The number of hydrogen-bond acceptors (Lipinski definition) is 6. The molecule has 2 atom stereocenters. The number of nitrogens with zero attached hydrogens (tertiary/aromatic N) is 6. The molecule has 1 N–H and O–H groups in total. The van der Waals surface area contributed by atoms with Gasteiger partial charge in [-0.2, -0.15) is 5.26 Å². The van der Waals surface area contributed by atoms with E-state index < -0.39 is 0 Å². The maximum Gasteiger partial charge on any atom is 0.142 e. The molecule has 26 heavy (non-hydrogen) atoms. The van der Waals surface area contributed by atoms with E-state index in [1.165, 1.54) is 0 Å². The van der Waals surface area contributed by atoms with Crippen LogP contribution >= 0.6 is 0 Å². The maximum atomic E-state index is 8.94. The van der Waals surface area contributed by atoms with Gasteiger partial charge in [0.25, 0.3) is 0 Å². The zero-order valence-electron chi connectivity index (χ0n) is 14.3. The van der Waals surface area contributed by atoms with E-state index in [2.05, 4.69) is 41.9 Å². The summed E-state index contributed by atoms with van der Waals surface area (Å²) in [5.41, 5.74) is 1.50. The van der Waals surface area contributed by atoms with Crippen molar-refractivity contribution in [3.05, 3.63) is 42.5 Å². The topological polar surface area (TPSA) is 84.7 Å². The number of aromatic amines is 1. The highest BCUT2D eigenvalue weighted by Gasteiger charge is 2.38. The van der Waals surface area contributed by atoms with Crippen LogP contribution in [0.1, 0.15) is 12.0 Å². The van der Waals surface area contributed by atoms with E-state index in [9.17, 15) is 0 Å². The number of nitriles is 1. The van der Waals surface area contributed by atoms with Crippen LogP contribution in [-0.2, 0) is 0 Å². The average Bonchev–Trinajstić information content (AvgIpc) is 3.34. The monoisotopic (exact) mass is 345 g/mol. The summed E-state index contributed by atoms with van der Waals surface area (Å²) in [6.45, 7) is 4.07. The van der Waals surface area contributed by atoms with Gasteiger partial charge in [-0.05, 0) is 36.5 Å². The molecule has 0 bridgehead atoms. The molecule has 2 aliphatic heterocycles. The fourth-order valence-electron chi connectivity index (χ4n) is 4.30. The van der Waals surface area contributed by atoms with Gasteiger partial charge in [0.05, 0.1) is 10.9 Å². The molecule has 130 valence electrons. The molecule has 3 aromatic heterocycles. The number of nitrogens with one attached hydrogen (secondary N) is 1. The molecule has 0 amide bonds. The fraction of sp³-hybridized carbons (Fsp3) is 0.368. The number of piperidine rings is 1. The summed E-state index contributed by atoms with van der Waals surface area (Å²) in [4.78, 5) is 21.2. The van der Waals surface area contributed by atoms with Crippen LogP contribution in [0.5, 0.6) is 0 Å². The summed E-state index contributed by atoms with van der Waals surface area (Å²) in [5, 5.41) is 10.0. The van der Waals surface area contributed by atoms with Crippen LogP contribution in [0.3, 0.4) is 0 Å². The Hall–Kier alpha value is -3.14. The number of rotatable bonds is 2. The maximum absolute atomic E-state index is 8.94. The lowest BCUT2D eigenvalue weighted by atomic mass is 9.88. The van der Waals surface area contributed by atoms with Crippen LogP contribution in [0.4, 0.5) is 11.6 Å². The second-order valence-corrected chi connectivity index (χ2v) is 7.11. The Morgan fingerprint density at radius 1 is 1.04 bits per heavy atom. The summed E-state index contributed by atoms with van der Waals surface area (Å²) in [6.07, 6.45) is 6.38. The van der Waals surface area contributed by atoms with Crippen LogP contribution < -0.4 is 9.80 Å². The summed E-state index contributed by atoms with van der Waals surface area (Å²) in [5.74, 6) is 3.29. The van der Waals surface area contributed by atoms with Gasteiger partial charge in [-0.25, -0.2) is 15.0 Å². The van der Waals surface area contributed by atoms with Crippen molar-refractivity contribution in [1.82, 2.24) is 19.9 Å². The largest absolute Gasteiger partial charge is 0.356 e. The predicted octanol–water partition coefficient (Wildman–Crippen LogP) is 2.19. The Morgan fingerprint density at radius 2 is 1.92 bits per heavy atom. The van der Waals surface area contributed by atoms with Crippen molar-refractivity contribution in [2.45, 2.75) is 6.42 Å². The van der Waals surface area contributed by atoms with E-state index in [0.29, 0.717) is 17.4 Å². The van der Waals surface area contributed by atoms with Crippen LogP contribution in [0, 0.1) is 23.2 Å². The molecule has 7 heteroatoms. The molecule has 2 fully saturated rings. The number of fused-ring (bicyclic) bond motifs is 2. The van der Waals surface area contributed by atoms with Gasteiger partial charge in [0, 0.05) is 38.6 Å². The average molecular weight is 345 g/mol. The molecule has 5 heterocycles. The van der Waals surface area contributed by atoms with E-state index in [0.717, 1.165) is 55.3 Å². The van der Waals surface area contributed by atoms with E-state index in [1.54, 1.807) is 12.5 Å². The summed E-state index contributed by atoms with van der Waals surface area (Å²) < 4.78 is 0. The summed E-state index contributed by atoms with van der Waals surface area (Å²) in [6, 6.07) is 7.99. The van der Waals surface area contributed by atoms with Crippen LogP contribution in [0.15, 0.2) is 36.9 Å². The molecule has 2 unspecified atom stereocenters. The Morgan fingerprint density at radius 3 is 2.77 bits per heavy atom. The molecule has 0 radical (unpaired) electrons. The molecule has 3 aromatic rings. The first-order valence-corrected chi connectivity index (χ1v) is 8.96. The Bertz CT molecular complexity index is 971. The minimum absolute atomic E-state index is 0.602. The van der Waals surface area contributed by atoms with Crippen LogP contribution in [0.25, 0.3) is 11.0 Å². The van der Waals surface area contributed by atoms with Crippen molar-refractivity contribution >= 4 is 22.7 Å². The quantitative estimate of drug-likeness (QED) is 0.766. The number of pyridine rings is 1. The first-order chi connectivity index (χ1) is 12.8. The zero-order chi connectivity index (χ0) is 17.5. The van der Waals surface area contributed by atoms with Gasteiger partial charge in [0.15, 0.2) is 0 Å². The van der Waals surface area contributed by atoms with Gasteiger partial charge in [-0.3, -0.25) is 0 Å². The molecule has 2 saturated heterocycles. The van der Waals surface area contributed by atoms with Crippen molar-refractivity contribution < 1.29 is 0 Å². The highest BCUT2D eigenvalue weighted by molar-refractivity contribution is 5.87. The lowest BCUT2D eigenvalue weighted by Gasteiger charge is -2.35. The molecule has 0 saturated carbocycles. The lowest BCUT2D eigenvalue weighted by molar-refractivity contribution is 0.348. The Balaban J connectivity index is 1.35. The Kier molecular flexibility index (Phi) is 3.49. The van der Waals surface area contributed by atoms with Gasteiger partial charge < -0.3 is 14.8 Å². The first-order valence-electron chi connectivity index (χ1n) is 8.96. The number of H-pyrrole nitrogens is 1. The normalized spacial score (nSPS) is 22.4. The lowest BCUT2D eigenvalue weighted by Crippen LogP contribution is -2.40. The standard InChI is InChI=1S/C19H19N7/c20-7-13-1-2-17(22-8-13)26-9-14-4-6-25(10-15(14)11-26)19-16-3-5-21-18(16)23-12-24-19/h1-3,5,8,12,14-15H,4,6,9-11H2,(H,21,23,24). The predicted molar refractivity (Wildman–Crippen MR) is 98.9 cm³/mol. The SMILES string of the molecule is N#Cc1ccc(N2CC3CCN(c4ncnc5[nH]ccc45)CC3C2)nc1. The van der Waals surface area contributed by atoms with Crippen molar-refractivity contribution in [2.24, 2.45) is 11.8 Å². The van der Waals surface area contributed by atoms with Crippen molar-refractivity contribution in [3.63, 3.8) is 0 Å². The van der Waals surface area contributed by atoms with Crippen LogP contribution in [0.2, 0.25) is 0 Å². The van der Waals surface area contributed by atoms with E-state index in [-0.39, 0.29) is 0 Å². The van der Waals surface area contributed by atoms with Gasteiger partial charge in [0.2, 0.25) is 0 Å². The van der Waals surface area contributed by atoms with E-state index in [1.807, 2.05) is 18.3 Å². The molecule has 5 rings (SSSR count). The molecule has 0 aliphatic carbocycles. The third-order valence-electron chi connectivity index (χ3n) is 5.63. The van der Waals surface area contributed by atoms with Gasteiger partial charge in [-0.15, -0.1) is 0 Å². The summed E-state index contributed by atoms with van der Waals surface area (Å²) >= 11 is 0. The minimum atomic E-state index is 0.602. The number of anilines is 2. The molecule has 7 nitrogen and oxygen atoms in total. The van der Waals surface area contributed by atoms with Crippen molar-refractivity contribution in [2.75, 3.05) is 36.0 Å². The summed E-state index contributed by atoms with van der Waals surface area (Å²) in [7, 11) is 0. The van der Waals surface area contributed by atoms with E-state index >= 15 is 0 Å². The molecule has 2 aliphatic rings. The van der Waals surface area contributed by atoms with Gasteiger partial charge >= 0.3 is 0 Å². The van der Waals surface area contributed by atoms with Gasteiger partial charge in [0.1, 0.15) is 29.7 Å². The third-order valence-corrected chi connectivity index (χ3v) is 5.63. The van der Waals surface area contributed by atoms with E-state index in [4.69, 9.17) is 5.26 Å². The molecule has 0 aromatic carbocycles. The first kappa shape index (κ1) is 15.1. The van der Waals surface area contributed by atoms with Gasteiger partial charge in [-0.1, -0.05) is 0 Å².